The summed E-state index contributed by atoms with van der Waals surface area (Å²) in [5.41, 5.74) is 10.0. The standard InChI is InChI=1S/C6H13N3O/c1-9-3-2-6(8,4-9)5(7)10/h2-4,8H2,1H3,(H2,7,10). The largest absolute Gasteiger partial charge is 0.368 e. The third-order valence-electron chi connectivity index (χ3n) is 1.98. The molecule has 0 bridgehead atoms. The molecule has 0 aromatic carbocycles. The maximum Gasteiger partial charge on any atom is 0.238 e. The molecule has 4 nitrogen and oxygen atoms in total. The highest BCUT2D eigenvalue weighted by Crippen LogP contribution is 2.15. The van der Waals surface area contributed by atoms with Crippen LogP contribution in [-0.2, 0) is 4.79 Å². The van der Waals surface area contributed by atoms with Gasteiger partial charge in [0.15, 0.2) is 0 Å². The van der Waals surface area contributed by atoms with Crippen LogP contribution in [0.2, 0.25) is 0 Å². The number of likely N-dealkylation sites (N-methyl/N-ethyl adjacent to an activating group) is 1. The van der Waals surface area contributed by atoms with Crippen molar-refractivity contribution in [2.75, 3.05) is 20.1 Å². The first-order valence-electron chi connectivity index (χ1n) is 3.32. The monoisotopic (exact) mass is 143 g/mol. The second-order valence-corrected chi connectivity index (χ2v) is 3.01. The molecule has 1 saturated heterocycles. The number of hydrogen-bond donors (Lipinski definition) is 2. The molecule has 10 heavy (non-hydrogen) atoms. The average Bonchev–Trinajstić information content (AvgIpc) is 2.13. The molecule has 0 radical (unpaired) electrons. The van der Waals surface area contributed by atoms with Crippen LogP contribution in [-0.4, -0.2) is 36.5 Å². The van der Waals surface area contributed by atoms with Gasteiger partial charge in [0.2, 0.25) is 5.91 Å². The Morgan fingerprint density at radius 2 is 2.30 bits per heavy atom. The fraction of sp³-hybridized carbons (Fsp3) is 0.833. The first kappa shape index (κ1) is 7.50. The Morgan fingerprint density at radius 3 is 2.50 bits per heavy atom. The predicted molar refractivity (Wildman–Crippen MR) is 38.2 cm³/mol. The van der Waals surface area contributed by atoms with Crippen LogP contribution in [0, 0.1) is 0 Å². The number of likely N-dealkylation sites (tertiary alicyclic amines) is 1. The Balaban J connectivity index is 2.63. The van der Waals surface area contributed by atoms with Crippen molar-refractivity contribution in [1.29, 1.82) is 0 Å². The molecule has 0 aromatic heterocycles. The van der Waals surface area contributed by atoms with Crippen molar-refractivity contribution < 1.29 is 4.79 Å². The number of hydrogen-bond acceptors (Lipinski definition) is 3. The number of carbonyl (C=O) groups excluding carboxylic acids is 1. The zero-order chi connectivity index (χ0) is 7.78. The highest BCUT2D eigenvalue weighted by molar-refractivity contribution is 5.85. The van der Waals surface area contributed by atoms with Gasteiger partial charge in [-0.05, 0) is 13.5 Å². The predicted octanol–water partition coefficient (Wildman–Crippen LogP) is -1.50. The van der Waals surface area contributed by atoms with Crippen LogP contribution in [0.25, 0.3) is 0 Å². The number of rotatable bonds is 1. The van der Waals surface area contributed by atoms with Crippen molar-refractivity contribution in [3.63, 3.8) is 0 Å². The number of nitrogens with two attached hydrogens (primary N) is 2. The second kappa shape index (κ2) is 2.21. The van der Waals surface area contributed by atoms with E-state index in [0.717, 1.165) is 6.54 Å². The summed E-state index contributed by atoms with van der Waals surface area (Å²) in [4.78, 5) is 12.7. The third-order valence-corrected chi connectivity index (χ3v) is 1.98. The van der Waals surface area contributed by atoms with E-state index in [0.29, 0.717) is 13.0 Å². The van der Waals surface area contributed by atoms with E-state index in [1.165, 1.54) is 0 Å². The van der Waals surface area contributed by atoms with Gasteiger partial charge in [-0.15, -0.1) is 0 Å². The first-order chi connectivity index (χ1) is 4.54. The van der Waals surface area contributed by atoms with Crippen molar-refractivity contribution in [3.8, 4) is 0 Å². The number of nitrogens with zero attached hydrogens (tertiary/aromatic N) is 1. The minimum atomic E-state index is -0.769. The van der Waals surface area contributed by atoms with E-state index in [2.05, 4.69) is 0 Å². The molecule has 1 amide bonds. The molecule has 1 unspecified atom stereocenters. The van der Waals surface area contributed by atoms with Gasteiger partial charge in [0, 0.05) is 13.1 Å². The quantitative estimate of drug-likeness (QED) is 0.469. The molecule has 4 N–H and O–H groups in total. The molecule has 1 aliphatic heterocycles. The number of amides is 1. The van der Waals surface area contributed by atoms with Crippen LogP contribution in [0.4, 0.5) is 0 Å². The van der Waals surface area contributed by atoms with E-state index in [9.17, 15) is 4.79 Å². The zero-order valence-electron chi connectivity index (χ0n) is 6.13. The third kappa shape index (κ3) is 1.12. The fourth-order valence-electron chi connectivity index (χ4n) is 1.23. The van der Waals surface area contributed by atoms with Gasteiger partial charge in [0.05, 0.1) is 0 Å². The summed E-state index contributed by atoms with van der Waals surface area (Å²) < 4.78 is 0. The van der Waals surface area contributed by atoms with Crippen LogP contribution < -0.4 is 11.5 Å². The van der Waals surface area contributed by atoms with Crippen LogP contribution in [0.1, 0.15) is 6.42 Å². The first-order valence-corrected chi connectivity index (χ1v) is 3.32. The molecular weight excluding hydrogens is 130 g/mol. The number of carbonyl (C=O) groups is 1. The lowest BCUT2D eigenvalue weighted by atomic mass is 10.00. The summed E-state index contributed by atoms with van der Waals surface area (Å²) in [6.45, 7) is 1.45. The van der Waals surface area contributed by atoms with Crippen LogP contribution in [0.5, 0.6) is 0 Å². The van der Waals surface area contributed by atoms with Gasteiger partial charge in [-0.3, -0.25) is 4.79 Å². The van der Waals surface area contributed by atoms with Crippen molar-refractivity contribution in [2.45, 2.75) is 12.0 Å². The maximum absolute atomic E-state index is 10.7. The average molecular weight is 143 g/mol. The fourth-order valence-corrected chi connectivity index (χ4v) is 1.23. The van der Waals surface area contributed by atoms with Gasteiger partial charge in [-0.1, -0.05) is 0 Å². The normalized spacial score (nSPS) is 34.6. The van der Waals surface area contributed by atoms with Crippen molar-refractivity contribution >= 4 is 5.91 Å². The second-order valence-electron chi connectivity index (χ2n) is 3.01. The van der Waals surface area contributed by atoms with Gasteiger partial charge in [-0.25, -0.2) is 0 Å². The van der Waals surface area contributed by atoms with Crippen molar-refractivity contribution in [3.05, 3.63) is 0 Å². The SMILES string of the molecule is CN1CCC(N)(C(N)=O)C1. The highest BCUT2D eigenvalue weighted by atomic mass is 16.1. The molecule has 1 heterocycles. The summed E-state index contributed by atoms with van der Waals surface area (Å²) in [7, 11) is 1.93. The lowest BCUT2D eigenvalue weighted by molar-refractivity contribution is -0.122. The molecule has 1 rings (SSSR count). The summed E-state index contributed by atoms with van der Waals surface area (Å²) in [5.74, 6) is -0.392. The van der Waals surface area contributed by atoms with Gasteiger partial charge in [0.25, 0.3) is 0 Å². The van der Waals surface area contributed by atoms with E-state index in [4.69, 9.17) is 11.5 Å². The van der Waals surface area contributed by atoms with Crippen molar-refractivity contribution in [1.82, 2.24) is 4.90 Å². The minimum absolute atomic E-state index is 0.392. The van der Waals surface area contributed by atoms with Gasteiger partial charge < -0.3 is 16.4 Å². The molecule has 0 spiro atoms. The summed E-state index contributed by atoms with van der Waals surface area (Å²) >= 11 is 0. The molecule has 1 fully saturated rings. The Kier molecular flexibility index (Phi) is 1.66. The Hall–Kier alpha value is -0.610. The van der Waals surface area contributed by atoms with Gasteiger partial charge in [0.1, 0.15) is 5.54 Å². The van der Waals surface area contributed by atoms with E-state index < -0.39 is 11.4 Å². The van der Waals surface area contributed by atoms with Gasteiger partial charge in [-0.2, -0.15) is 0 Å². The minimum Gasteiger partial charge on any atom is -0.368 e. The summed E-state index contributed by atoms with van der Waals surface area (Å²) in [6.07, 6.45) is 0.679. The van der Waals surface area contributed by atoms with Crippen LogP contribution in [0.15, 0.2) is 0 Å². The van der Waals surface area contributed by atoms with E-state index in [-0.39, 0.29) is 0 Å². The van der Waals surface area contributed by atoms with E-state index in [1.54, 1.807) is 0 Å². The molecule has 0 aliphatic carbocycles. The smallest absolute Gasteiger partial charge is 0.238 e. The highest BCUT2D eigenvalue weighted by Gasteiger charge is 2.37. The molecule has 1 atom stereocenters. The van der Waals surface area contributed by atoms with E-state index >= 15 is 0 Å². The summed E-state index contributed by atoms with van der Waals surface area (Å²) in [6, 6.07) is 0. The zero-order valence-corrected chi connectivity index (χ0v) is 6.13. The Bertz CT molecular complexity index is 159. The van der Waals surface area contributed by atoms with Gasteiger partial charge >= 0.3 is 0 Å². The molecule has 58 valence electrons. The lowest BCUT2D eigenvalue weighted by Gasteiger charge is -2.18. The Labute approximate surface area is 60.2 Å². The Morgan fingerprint density at radius 1 is 1.70 bits per heavy atom. The van der Waals surface area contributed by atoms with E-state index in [1.807, 2.05) is 11.9 Å². The van der Waals surface area contributed by atoms with Crippen molar-refractivity contribution in [2.24, 2.45) is 11.5 Å². The maximum atomic E-state index is 10.7. The molecule has 0 aromatic rings. The van der Waals surface area contributed by atoms with Crippen LogP contribution >= 0.6 is 0 Å². The molecule has 0 saturated carbocycles. The number of primary amides is 1. The topological polar surface area (TPSA) is 72.3 Å². The lowest BCUT2D eigenvalue weighted by Crippen LogP contribution is -2.53. The molecule has 4 heteroatoms. The molecular formula is C6H13N3O. The molecule has 1 aliphatic rings. The summed E-state index contributed by atoms with van der Waals surface area (Å²) in [5, 5.41) is 0. The van der Waals surface area contributed by atoms with Crippen LogP contribution in [0.3, 0.4) is 0 Å².